The van der Waals surface area contributed by atoms with Gasteiger partial charge in [-0.1, -0.05) is 12.1 Å². The zero-order valence-corrected chi connectivity index (χ0v) is 14.7. The SMILES string of the molecule is Cc1cc(Br)oc1C(=O)Nc1nc(-c2cccc([N+](=O)[O-])c2)cs1. The van der Waals surface area contributed by atoms with E-state index >= 15 is 0 Å². The second-order valence-corrected chi connectivity index (χ2v) is 6.50. The van der Waals surface area contributed by atoms with E-state index in [2.05, 4.69) is 26.2 Å². The number of rotatable bonds is 4. The van der Waals surface area contributed by atoms with Gasteiger partial charge in [0.2, 0.25) is 0 Å². The van der Waals surface area contributed by atoms with Crippen molar-refractivity contribution in [2.75, 3.05) is 5.32 Å². The van der Waals surface area contributed by atoms with Crippen molar-refractivity contribution in [3.05, 3.63) is 61.8 Å². The molecule has 7 nitrogen and oxygen atoms in total. The zero-order chi connectivity index (χ0) is 17.3. The molecule has 2 aromatic heterocycles. The van der Waals surface area contributed by atoms with E-state index in [9.17, 15) is 14.9 Å². The minimum absolute atomic E-state index is 0.0119. The molecular weight excluding hydrogens is 398 g/mol. The van der Waals surface area contributed by atoms with Crippen LogP contribution in [0.3, 0.4) is 0 Å². The van der Waals surface area contributed by atoms with Gasteiger partial charge in [0.05, 0.1) is 10.6 Å². The topological polar surface area (TPSA) is 98.3 Å². The molecule has 1 N–H and O–H groups in total. The maximum absolute atomic E-state index is 12.2. The molecule has 3 rings (SSSR count). The quantitative estimate of drug-likeness (QED) is 0.501. The minimum atomic E-state index is -0.462. The number of hydrogen-bond acceptors (Lipinski definition) is 6. The average molecular weight is 408 g/mol. The zero-order valence-electron chi connectivity index (χ0n) is 12.3. The fourth-order valence-electron chi connectivity index (χ4n) is 2.07. The smallest absolute Gasteiger partial charge is 0.293 e. The van der Waals surface area contributed by atoms with E-state index in [0.29, 0.717) is 26.6 Å². The van der Waals surface area contributed by atoms with E-state index in [4.69, 9.17) is 4.42 Å². The van der Waals surface area contributed by atoms with Gasteiger partial charge in [-0.2, -0.15) is 0 Å². The molecule has 0 atom stereocenters. The maximum Gasteiger partial charge on any atom is 0.293 e. The molecule has 0 aliphatic carbocycles. The Morgan fingerprint density at radius 3 is 2.88 bits per heavy atom. The Hall–Kier alpha value is -2.52. The highest BCUT2D eigenvalue weighted by Gasteiger charge is 2.17. The van der Waals surface area contributed by atoms with Crippen LogP contribution in [0.25, 0.3) is 11.3 Å². The fourth-order valence-corrected chi connectivity index (χ4v) is 3.29. The van der Waals surface area contributed by atoms with Gasteiger partial charge in [-0.3, -0.25) is 20.2 Å². The van der Waals surface area contributed by atoms with Gasteiger partial charge >= 0.3 is 0 Å². The summed E-state index contributed by atoms with van der Waals surface area (Å²) in [6, 6.07) is 7.87. The molecule has 0 radical (unpaired) electrons. The fraction of sp³-hybridized carbons (Fsp3) is 0.0667. The third kappa shape index (κ3) is 3.36. The molecule has 0 spiro atoms. The molecule has 0 fully saturated rings. The molecule has 0 aliphatic heterocycles. The maximum atomic E-state index is 12.2. The van der Waals surface area contributed by atoms with Gasteiger partial charge in [0.1, 0.15) is 0 Å². The second kappa shape index (κ2) is 6.54. The van der Waals surface area contributed by atoms with E-state index in [0.717, 1.165) is 0 Å². The third-order valence-corrected chi connectivity index (χ3v) is 4.32. The van der Waals surface area contributed by atoms with Crippen molar-refractivity contribution < 1.29 is 14.1 Å². The number of furan rings is 1. The van der Waals surface area contributed by atoms with E-state index < -0.39 is 10.8 Å². The van der Waals surface area contributed by atoms with Crippen LogP contribution in [0.1, 0.15) is 16.1 Å². The van der Waals surface area contributed by atoms with E-state index in [1.807, 2.05) is 0 Å². The van der Waals surface area contributed by atoms with Crippen molar-refractivity contribution in [1.29, 1.82) is 0 Å². The van der Waals surface area contributed by atoms with Gasteiger partial charge in [0.25, 0.3) is 11.6 Å². The summed E-state index contributed by atoms with van der Waals surface area (Å²) in [5.41, 5.74) is 1.85. The Morgan fingerprint density at radius 2 is 2.21 bits per heavy atom. The van der Waals surface area contributed by atoms with Gasteiger partial charge in [-0.25, -0.2) is 4.98 Å². The molecule has 24 heavy (non-hydrogen) atoms. The first-order valence-electron chi connectivity index (χ1n) is 6.71. The number of benzene rings is 1. The summed E-state index contributed by atoms with van der Waals surface area (Å²) in [7, 11) is 0. The molecule has 1 amide bonds. The van der Waals surface area contributed by atoms with Gasteiger partial charge in [0, 0.05) is 28.6 Å². The number of thiazole rings is 1. The lowest BCUT2D eigenvalue weighted by molar-refractivity contribution is -0.384. The summed E-state index contributed by atoms with van der Waals surface area (Å²) >= 11 is 4.40. The summed E-state index contributed by atoms with van der Waals surface area (Å²) in [5.74, 6) is -0.202. The van der Waals surface area contributed by atoms with Gasteiger partial charge in [0.15, 0.2) is 15.6 Å². The molecular formula is C15H10BrN3O4S. The molecule has 0 aliphatic rings. The molecule has 0 bridgehead atoms. The summed E-state index contributed by atoms with van der Waals surface area (Å²) in [4.78, 5) is 26.9. The van der Waals surface area contributed by atoms with Crippen LogP contribution in [-0.2, 0) is 0 Å². The van der Waals surface area contributed by atoms with Crippen LogP contribution >= 0.6 is 27.3 Å². The Morgan fingerprint density at radius 1 is 1.42 bits per heavy atom. The van der Waals surface area contributed by atoms with Crippen LogP contribution in [0.2, 0.25) is 0 Å². The third-order valence-electron chi connectivity index (χ3n) is 3.17. The van der Waals surface area contributed by atoms with Crippen molar-refractivity contribution in [3.63, 3.8) is 0 Å². The molecule has 1 aromatic carbocycles. The summed E-state index contributed by atoms with van der Waals surface area (Å²) < 4.78 is 5.76. The number of nitro benzene ring substituents is 1. The lowest BCUT2D eigenvalue weighted by Crippen LogP contribution is -2.11. The monoisotopic (exact) mass is 407 g/mol. The number of anilines is 1. The Balaban J connectivity index is 1.81. The normalized spacial score (nSPS) is 10.6. The Bertz CT molecular complexity index is 934. The summed E-state index contributed by atoms with van der Waals surface area (Å²) in [6.07, 6.45) is 0. The van der Waals surface area contributed by atoms with Gasteiger partial charge in [-0.15, -0.1) is 11.3 Å². The highest BCUT2D eigenvalue weighted by atomic mass is 79.9. The van der Waals surface area contributed by atoms with Crippen LogP contribution in [0.15, 0.2) is 44.8 Å². The summed E-state index contributed by atoms with van der Waals surface area (Å²) in [5, 5.41) is 15.6. The number of nitrogens with one attached hydrogen (secondary N) is 1. The van der Waals surface area contributed by atoms with Gasteiger partial charge in [-0.05, 0) is 28.9 Å². The second-order valence-electron chi connectivity index (χ2n) is 4.86. The van der Waals surface area contributed by atoms with Gasteiger partial charge < -0.3 is 4.42 Å². The first-order chi connectivity index (χ1) is 11.4. The van der Waals surface area contributed by atoms with Crippen molar-refractivity contribution in [2.45, 2.75) is 6.92 Å². The van der Waals surface area contributed by atoms with E-state index in [1.165, 1.54) is 23.5 Å². The molecule has 0 unspecified atom stereocenters. The number of non-ortho nitro benzene ring substituents is 1. The predicted molar refractivity (Wildman–Crippen MR) is 93.3 cm³/mol. The number of halogens is 1. The molecule has 3 aromatic rings. The van der Waals surface area contributed by atoms with Crippen molar-refractivity contribution in [2.24, 2.45) is 0 Å². The lowest BCUT2D eigenvalue weighted by Gasteiger charge is -1.99. The molecule has 122 valence electrons. The number of carbonyl (C=O) groups excluding carboxylic acids is 1. The number of amides is 1. The van der Waals surface area contributed by atoms with Crippen molar-refractivity contribution in [3.8, 4) is 11.3 Å². The number of aryl methyl sites for hydroxylation is 1. The molecule has 0 saturated heterocycles. The Labute approximate surface area is 148 Å². The number of nitrogens with zero attached hydrogens (tertiary/aromatic N) is 2. The summed E-state index contributed by atoms with van der Waals surface area (Å²) in [6.45, 7) is 1.76. The number of nitro groups is 1. The van der Waals surface area contributed by atoms with E-state index in [1.54, 1.807) is 30.5 Å². The molecule has 2 heterocycles. The number of hydrogen-bond donors (Lipinski definition) is 1. The highest BCUT2D eigenvalue weighted by molar-refractivity contribution is 9.10. The molecule has 0 saturated carbocycles. The minimum Gasteiger partial charge on any atom is -0.444 e. The Kier molecular flexibility index (Phi) is 4.45. The number of carbonyl (C=O) groups is 1. The first-order valence-corrected chi connectivity index (χ1v) is 8.39. The lowest BCUT2D eigenvalue weighted by atomic mass is 10.1. The van der Waals surface area contributed by atoms with Crippen LogP contribution in [-0.4, -0.2) is 15.8 Å². The van der Waals surface area contributed by atoms with Crippen LogP contribution < -0.4 is 5.32 Å². The standard InChI is InChI=1S/C15H10BrN3O4S/c1-8-5-12(16)23-13(8)14(20)18-15-17-11(7-24-15)9-3-2-4-10(6-9)19(21)22/h2-7H,1H3,(H,17,18,20). The largest absolute Gasteiger partial charge is 0.444 e. The van der Waals surface area contributed by atoms with Crippen LogP contribution in [0.4, 0.5) is 10.8 Å². The molecule has 9 heteroatoms. The highest BCUT2D eigenvalue weighted by Crippen LogP contribution is 2.28. The van der Waals surface area contributed by atoms with Crippen molar-refractivity contribution >= 4 is 44.0 Å². The van der Waals surface area contributed by atoms with Crippen molar-refractivity contribution in [1.82, 2.24) is 4.98 Å². The van der Waals surface area contributed by atoms with E-state index in [-0.39, 0.29) is 11.4 Å². The first kappa shape index (κ1) is 16.3. The average Bonchev–Trinajstić information content (AvgIpc) is 3.13. The van der Waals surface area contributed by atoms with Crippen LogP contribution in [0, 0.1) is 17.0 Å². The predicted octanol–water partition coefficient (Wildman–Crippen LogP) is 4.63. The number of aromatic nitrogens is 1. The van der Waals surface area contributed by atoms with Crippen LogP contribution in [0.5, 0.6) is 0 Å².